The van der Waals surface area contributed by atoms with Crippen LogP contribution in [-0.4, -0.2) is 47.3 Å². The molecule has 8 heteroatoms. The van der Waals surface area contributed by atoms with E-state index in [1.54, 1.807) is 24.3 Å². The van der Waals surface area contributed by atoms with Crippen LogP contribution in [0, 0.1) is 0 Å². The summed E-state index contributed by atoms with van der Waals surface area (Å²) in [5.41, 5.74) is 2.15. The van der Waals surface area contributed by atoms with Crippen molar-refractivity contribution < 1.29 is 17.9 Å². The van der Waals surface area contributed by atoms with E-state index in [1.165, 1.54) is 26.4 Å². The first-order chi connectivity index (χ1) is 13.9. The monoisotopic (exact) mass is 417 g/mol. The molecule has 1 aliphatic rings. The first-order valence-electron chi connectivity index (χ1n) is 9.63. The second-order valence-electron chi connectivity index (χ2n) is 7.11. The number of carbonyl (C=O) groups is 1. The van der Waals surface area contributed by atoms with Crippen molar-refractivity contribution in [1.82, 2.24) is 0 Å². The number of nitrogens with zero attached hydrogens (tertiary/aromatic N) is 2. The highest BCUT2D eigenvalue weighted by molar-refractivity contribution is 7.92. The van der Waals surface area contributed by atoms with E-state index in [-0.39, 0.29) is 6.54 Å². The Kier molecular flexibility index (Phi) is 6.64. The Hall–Kier alpha value is -2.74. The number of sulfonamides is 1. The number of anilines is 3. The Morgan fingerprint density at radius 2 is 1.79 bits per heavy atom. The average molecular weight is 418 g/mol. The molecule has 0 saturated carbocycles. The zero-order valence-electron chi connectivity index (χ0n) is 16.8. The van der Waals surface area contributed by atoms with Gasteiger partial charge in [0.05, 0.1) is 19.1 Å². The number of hydrogen-bond acceptors (Lipinski definition) is 5. The van der Waals surface area contributed by atoms with Crippen molar-refractivity contribution in [2.24, 2.45) is 0 Å². The van der Waals surface area contributed by atoms with Gasteiger partial charge in [-0.15, -0.1) is 0 Å². The van der Waals surface area contributed by atoms with Crippen LogP contribution in [0.15, 0.2) is 48.5 Å². The number of piperidine rings is 1. The molecule has 0 spiro atoms. The van der Waals surface area contributed by atoms with Gasteiger partial charge in [0.1, 0.15) is 12.3 Å². The van der Waals surface area contributed by atoms with E-state index in [4.69, 9.17) is 4.74 Å². The highest BCUT2D eigenvalue weighted by atomic mass is 32.2. The molecular weight excluding hydrogens is 390 g/mol. The lowest BCUT2D eigenvalue weighted by atomic mass is 10.1. The number of carbonyl (C=O) groups excluding carboxylic acids is 1. The van der Waals surface area contributed by atoms with Gasteiger partial charge in [-0.2, -0.15) is 0 Å². The molecule has 1 amide bonds. The topological polar surface area (TPSA) is 79.0 Å². The lowest BCUT2D eigenvalue weighted by molar-refractivity contribution is -0.114. The molecule has 156 valence electrons. The molecule has 0 aromatic heterocycles. The molecule has 0 unspecified atom stereocenters. The van der Waals surface area contributed by atoms with Gasteiger partial charge in [0.25, 0.3) is 0 Å². The lowest BCUT2D eigenvalue weighted by Gasteiger charge is -2.29. The summed E-state index contributed by atoms with van der Waals surface area (Å²) >= 11 is 0. The zero-order chi connectivity index (χ0) is 20.9. The maximum absolute atomic E-state index is 12.5. The molecule has 1 fully saturated rings. The summed E-state index contributed by atoms with van der Waals surface area (Å²) in [5.74, 6) is 0.105. The van der Waals surface area contributed by atoms with Gasteiger partial charge in [0.2, 0.25) is 15.9 Å². The third kappa shape index (κ3) is 5.63. The first kappa shape index (κ1) is 21.0. The molecule has 2 aromatic rings. The fraction of sp³-hybridized carbons (Fsp3) is 0.381. The third-order valence-corrected chi connectivity index (χ3v) is 6.04. The Labute approximate surface area is 172 Å². The van der Waals surface area contributed by atoms with Gasteiger partial charge in [-0.25, -0.2) is 8.42 Å². The van der Waals surface area contributed by atoms with E-state index in [1.807, 2.05) is 24.3 Å². The smallest absolute Gasteiger partial charge is 0.245 e. The molecule has 1 saturated heterocycles. The fourth-order valence-electron chi connectivity index (χ4n) is 3.40. The minimum Gasteiger partial charge on any atom is -0.497 e. The molecule has 29 heavy (non-hydrogen) atoms. The molecule has 0 bridgehead atoms. The molecule has 1 aliphatic heterocycles. The molecule has 2 aromatic carbocycles. The summed E-state index contributed by atoms with van der Waals surface area (Å²) in [6, 6.07) is 14.3. The Morgan fingerprint density at radius 1 is 1.10 bits per heavy atom. The van der Waals surface area contributed by atoms with Gasteiger partial charge < -0.3 is 15.0 Å². The van der Waals surface area contributed by atoms with Crippen molar-refractivity contribution in [2.75, 3.05) is 47.5 Å². The summed E-state index contributed by atoms with van der Waals surface area (Å²) in [5, 5.41) is 2.78. The highest BCUT2D eigenvalue weighted by Crippen LogP contribution is 2.24. The van der Waals surface area contributed by atoms with Crippen molar-refractivity contribution in [1.29, 1.82) is 0 Å². The van der Waals surface area contributed by atoms with Gasteiger partial charge in [-0.3, -0.25) is 9.10 Å². The molecule has 0 radical (unpaired) electrons. The minimum absolute atomic E-state index is 0.320. The van der Waals surface area contributed by atoms with Gasteiger partial charge in [0, 0.05) is 30.5 Å². The third-order valence-electron chi connectivity index (χ3n) is 4.90. The highest BCUT2D eigenvalue weighted by Gasteiger charge is 2.21. The van der Waals surface area contributed by atoms with E-state index in [0.717, 1.165) is 29.3 Å². The molecule has 7 nitrogen and oxygen atoms in total. The second kappa shape index (κ2) is 9.17. The van der Waals surface area contributed by atoms with Crippen LogP contribution in [0.5, 0.6) is 5.75 Å². The maximum atomic E-state index is 12.5. The van der Waals surface area contributed by atoms with Crippen LogP contribution >= 0.6 is 0 Å². The number of ether oxygens (including phenoxy) is 1. The largest absolute Gasteiger partial charge is 0.497 e. The van der Waals surface area contributed by atoms with Crippen LogP contribution in [0.3, 0.4) is 0 Å². The number of amides is 1. The SMILES string of the molecule is COc1cccc(N(CC(=O)Nc2ccc(N3CCCCC3)cc2)S(C)(=O)=O)c1. The predicted molar refractivity (Wildman–Crippen MR) is 116 cm³/mol. The van der Waals surface area contributed by atoms with Crippen molar-refractivity contribution in [3.63, 3.8) is 0 Å². The molecule has 1 heterocycles. The quantitative estimate of drug-likeness (QED) is 0.749. The lowest BCUT2D eigenvalue weighted by Crippen LogP contribution is -2.37. The standard InChI is InChI=1S/C21H27N3O4S/c1-28-20-8-6-7-19(15-20)24(29(2,26)27)16-21(25)22-17-9-11-18(12-10-17)23-13-4-3-5-14-23/h6-12,15H,3-5,13-14,16H2,1-2H3,(H,22,25). The van der Waals surface area contributed by atoms with Crippen LogP contribution in [0.2, 0.25) is 0 Å². The summed E-state index contributed by atoms with van der Waals surface area (Å²) in [4.78, 5) is 14.9. The van der Waals surface area contributed by atoms with E-state index in [0.29, 0.717) is 17.1 Å². The Morgan fingerprint density at radius 3 is 2.41 bits per heavy atom. The number of methoxy groups -OCH3 is 1. The van der Waals surface area contributed by atoms with Crippen LogP contribution in [-0.2, 0) is 14.8 Å². The van der Waals surface area contributed by atoms with Crippen molar-refractivity contribution >= 4 is 33.0 Å². The fourth-order valence-corrected chi connectivity index (χ4v) is 4.25. The van der Waals surface area contributed by atoms with Gasteiger partial charge in [0.15, 0.2) is 0 Å². The van der Waals surface area contributed by atoms with Gasteiger partial charge >= 0.3 is 0 Å². The first-order valence-corrected chi connectivity index (χ1v) is 11.5. The average Bonchev–Trinajstić information content (AvgIpc) is 2.72. The van der Waals surface area contributed by atoms with Crippen LogP contribution in [0.25, 0.3) is 0 Å². The summed E-state index contributed by atoms with van der Waals surface area (Å²) < 4.78 is 30.7. The summed E-state index contributed by atoms with van der Waals surface area (Å²) in [6.07, 6.45) is 4.75. The Bertz CT molecular complexity index is 939. The van der Waals surface area contributed by atoms with Crippen LogP contribution < -0.4 is 19.3 Å². The summed E-state index contributed by atoms with van der Waals surface area (Å²) in [6.45, 7) is 1.78. The molecule has 3 rings (SSSR count). The normalized spacial score (nSPS) is 14.3. The minimum atomic E-state index is -3.64. The maximum Gasteiger partial charge on any atom is 0.245 e. The van der Waals surface area contributed by atoms with E-state index in [9.17, 15) is 13.2 Å². The van der Waals surface area contributed by atoms with Crippen LogP contribution in [0.4, 0.5) is 17.1 Å². The zero-order valence-corrected chi connectivity index (χ0v) is 17.6. The van der Waals surface area contributed by atoms with E-state index in [2.05, 4.69) is 10.2 Å². The van der Waals surface area contributed by atoms with Gasteiger partial charge in [-0.1, -0.05) is 6.07 Å². The second-order valence-corrected chi connectivity index (χ2v) is 9.02. The number of nitrogens with one attached hydrogen (secondary N) is 1. The summed E-state index contributed by atoms with van der Waals surface area (Å²) in [7, 11) is -2.14. The van der Waals surface area contributed by atoms with Crippen LogP contribution in [0.1, 0.15) is 19.3 Å². The molecular formula is C21H27N3O4S. The van der Waals surface area contributed by atoms with Crippen molar-refractivity contribution in [3.05, 3.63) is 48.5 Å². The molecule has 1 N–H and O–H groups in total. The molecule has 0 atom stereocenters. The predicted octanol–water partition coefficient (Wildman–Crippen LogP) is 3.09. The number of benzene rings is 2. The molecule has 0 aliphatic carbocycles. The van der Waals surface area contributed by atoms with Crippen molar-refractivity contribution in [2.45, 2.75) is 19.3 Å². The van der Waals surface area contributed by atoms with E-state index < -0.39 is 15.9 Å². The number of rotatable bonds is 7. The van der Waals surface area contributed by atoms with Crippen molar-refractivity contribution in [3.8, 4) is 5.75 Å². The number of hydrogen-bond donors (Lipinski definition) is 1. The van der Waals surface area contributed by atoms with E-state index >= 15 is 0 Å². The Balaban J connectivity index is 1.68. The van der Waals surface area contributed by atoms with Gasteiger partial charge in [-0.05, 0) is 55.7 Å².